The van der Waals surface area contributed by atoms with Crippen LogP contribution in [0.4, 0.5) is 28.4 Å². The highest BCUT2D eigenvalue weighted by atomic mass is 16.5. The number of hydrogen-bond acceptors (Lipinski definition) is 3. The van der Waals surface area contributed by atoms with Crippen LogP contribution in [0.5, 0.6) is 11.5 Å². The van der Waals surface area contributed by atoms with Crippen LogP contribution in [0.2, 0.25) is 0 Å². The van der Waals surface area contributed by atoms with Gasteiger partial charge in [0.25, 0.3) is 0 Å². The van der Waals surface area contributed by atoms with Gasteiger partial charge in [0.2, 0.25) is 0 Å². The Morgan fingerprint density at radius 2 is 1.14 bits per heavy atom. The Labute approximate surface area is 300 Å². The minimum Gasteiger partial charge on any atom is -0.453 e. The Balaban J connectivity index is 0.941. The molecule has 4 aliphatic rings. The van der Waals surface area contributed by atoms with Crippen LogP contribution in [0, 0.1) is 0 Å². The van der Waals surface area contributed by atoms with E-state index < -0.39 is 0 Å². The maximum Gasteiger partial charge on any atom is 0.151 e. The van der Waals surface area contributed by atoms with Gasteiger partial charge in [0.15, 0.2) is 11.5 Å². The quantitative estimate of drug-likeness (QED) is 0.187. The first-order chi connectivity index (χ1) is 25.0. The van der Waals surface area contributed by atoms with Gasteiger partial charge in [0.05, 0.1) is 11.4 Å². The third-order valence-electron chi connectivity index (χ3n) is 11.2. The van der Waals surface area contributed by atoms with Crippen LogP contribution < -0.4 is 14.5 Å². The second-order valence-corrected chi connectivity index (χ2v) is 14.5. The molecule has 51 heavy (non-hydrogen) atoms. The number of nitrogens with zero attached hydrogens (tertiary/aromatic N) is 2. The van der Waals surface area contributed by atoms with E-state index in [-0.39, 0.29) is 5.41 Å². The Bertz CT molecular complexity index is 2390. The smallest absolute Gasteiger partial charge is 0.151 e. The minimum atomic E-state index is -0.119. The molecule has 246 valence electrons. The first-order valence-corrected chi connectivity index (χ1v) is 18.0. The molecule has 0 saturated carbocycles. The zero-order valence-corrected chi connectivity index (χ0v) is 28.9. The molecule has 3 heteroatoms. The average Bonchev–Trinajstić information content (AvgIpc) is 3.40. The van der Waals surface area contributed by atoms with E-state index >= 15 is 0 Å². The van der Waals surface area contributed by atoms with Crippen molar-refractivity contribution in [3.63, 3.8) is 0 Å². The van der Waals surface area contributed by atoms with Crippen LogP contribution in [-0.4, -0.2) is 0 Å². The van der Waals surface area contributed by atoms with Crippen molar-refractivity contribution >= 4 is 34.5 Å². The Kier molecular flexibility index (Phi) is 6.72. The summed E-state index contributed by atoms with van der Waals surface area (Å²) in [5.41, 5.74) is 17.9. The standard InChI is InChI=1S/C48H38N2O/c1-48(2)40-29-33(20-19-32-21-24-36(25-22-32)49-44-15-7-9-17-46(44)51-47-18-10-8-16-45(47)49)23-27-38(40)39-28-26-37(31-41(39)48)50-42-13-5-3-11-34(42)30-35-12-4-6-14-43(35)50/h3-21,23-24,26-29,31H,22,25,30H2,1-2H3/b20-19+. The van der Waals surface area contributed by atoms with E-state index in [2.05, 4.69) is 157 Å². The maximum atomic E-state index is 6.24. The summed E-state index contributed by atoms with van der Waals surface area (Å²) >= 11 is 0. The van der Waals surface area contributed by atoms with Crippen molar-refractivity contribution in [3.05, 3.63) is 191 Å². The number of hydrogen-bond donors (Lipinski definition) is 0. The molecule has 0 radical (unpaired) electrons. The molecule has 0 bridgehead atoms. The summed E-state index contributed by atoms with van der Waals surface area (Å²) in [7, 11) is 0. The van der Waals surface area contributed by atoms with E-state index in [1.165, 1.54) is 67.3 Å². The highest BCUT2D eigenvalue weighted by molar-refractivity contribution is 5.88. The molecule has 0 N–H and O–H groups in total. The third-order valence-corrected chi connectivity index (χ3v) is 11.2. The van der Waals surface area contributed by atoms with Gasteiger partial charge in [-0.1, -0.05) is 117 Å². The number of benzene rings is 6. The third kappa shape index (κ3) is 4.80. The van der Waals surface area contributed by atoms with Crippen LogP contribution in [-0.2, 0) is 11.8 Å². The number of ether oxygens (including phenoxy) is 1. The summed E-state index contributed by atoms with van der Waals surface area (Å²) in [5, 5.41) is 0. The Morgan fingerprint density at radius 3 is 1.78 bits per heavy atom. The van der Waals surface area contributed by atoms with Gasteiger partial charge in [-0.2, -0.15) is 0 Å². The zero-order chi connectivity index (χ0) is 34.1. The molecule has 3 nitrogen and oxygen atoms in total. The average molecular weight is 659 g/mol. The molecule has 2 heterocycles. The van der Waals surface area contributed by atoms with Crippen LogP contribution >= 0.6 is 0 Å². The first-order valence-electron chi connectivity index (χ1n) is 18.0. The molecule has 2 aliphatic carbocycles. The second kappa shape index (κ2) is 11.5. The fraction of sp³-hybridized carbons (Fsp3) is 0.125. The predicted molar refractivity (Wildman–Crippen MR) is 211 cm³/mol. The summed E-state index contributed by atoms with van der Waals surface area (Å²) in [6, 6.07) is 48.4. The molecule has 10 rings (SSSR count). The van der Waals surface area contributed by atoms with E-state index in [1.807, 2.05) is 24.3 Å². The molecule has 2 aliphatic heterocycles. The summed E-state index contributed by atoms with van der Waals surface area (Å²) in [6.07, 6.45) is 12.1. The van der Waals surface area contributed by atoms with Gasteiger partial charge in [-0.3, -0.25) is 0 Å². The van der Waals surface area contributed by atoms with E-state index in [1.54, 1.807) is 0 Å². The lowest BCUT2D eigenvalue weighted by Gasteiger charge is -2.35. The Hall–Kier alpha value is -6.06. The normalized spacial score (nSPS) is 16.2. The number of anilines is 5. The molecular weight excluding hydrogens is 621 g/mol. The first kappa shape index (κ1) is 29.8. The lowest BCUT2D eigenvalue weighted by atomic mass is 9.81. The molecule has 0 unspecified atom stereocenters. The van der Waals surface area contributed by atoms with Gasteiger partial charge in [-0.05, 0) is 112 Å². The van der Waals surface area contributed by atoms with E-state index in [0.29, 0.717) is 0 Å². The summed E-state index contributed by atoms with van der Waals surface area (Å²) in [4.78, 5) is 4.82. The fourth-order valence-electron chi connectivity index (χ4n) is 8.54. The van der Waals surface area contributed by atoms with E-state index in [9.17, 15) is 0 Å². The van der Waals surface area contributed by atoms with Gasteiger partial charge in [0.1, 0.15) is 0 Å². The maximum absolute atomic E-state index is 6.24. The number of para-hydroxylation sites is 6. The van der Waals surface area contributed by atoms with Crippen molar-refractivity contribution in [1.82, 2.24) is 0 Å². The monoisotopic (exact) mass is 658 g/mol. The van der Waals surface area contributed by atoms with Crippen LogP contribution in [0.15, 0.2) is 163 Å². The fourth-order valence-corrected chi connectivity index (χ4v) is 8.54. The van der Waals surface area contributed by atoms with Crippen molar-refractivity contribution in [3.8, 4) is 22.6 Å². The van der Waals surface area contributed by atoms with Gasteiger partial charge >= 0.3 is 0 Å². The van der Waals surface area contributed by atoms with Gasteiger partial charge in [-0.25, -0.2) is 0 Å². The number of allylic oxidation sites excluding steroid dienone is 5. The van der Waals surface area contributed by atoms with Gasteiger partial charge in [-0.15, -0.1) is 0 Å². The molecule has 6 aromatic carbocycles. The summed E-state index contributed by atoms with van der Waals surface area (Å²) in [5.74, 6) is 1.79. The highest BCUT2D eigenvalue weighted by Gasteiger charge is 2.37. The molecule has 0 atom stereocenters. The number of rotatable bonds is 4. The van der Waals surface area contributed by atoms with E-state index in [4.69, 9.17) is 4.74 Å². The second-order valence-electron chi connectivity index (χ2n) is 14.5. The topological polar surface area (TPSA) is 15.7 Å². The lowest BCUT2D eigenvalue weighted by Crippen LogP contribution is -2.21. The van der Waals surface area contributed by atoms with Gasteiger partial charge < -0.3 is 14.5 Å². The van der Waals surface area contributed by atoms with Crippen molar-refractivity contribution in [2.24, 2.45) is 0 Å². The number of fused-ring (bicyclic) bond motifs is 7. The molecule has 0 saturated heterocycles. The van der Waals surface area contributed by atoms with E-state index in [0.717, 1.165) is 42.1 Å². The molecule has 6 aromatic rings. The van der Waals surface area contributed by atoms with Gasteiger partial charge in [0, 0.05) is 34.6 Å². The molecule has 0 amide bonds. The van der Waals surface area contributed by atoms with Crippen molar-refractivity contribution < 1.29 is 4.74 Å². The lowest BCUT2D eigenvalue weighted by molar-refractivity contribution is 0.475. The molecular formula is C48H38N2O. The van der Waals surface area contributed by atoms with Crippen LogP contribution in [0.3, 0.4) is 0 Å². The minimum absolute atomic E-state index is 0.119. The molecule has 0 fully saturated rings. The summed E-state index contributed by atoms with van der Waals surface area (Å²) in [6.45, 7) is 4.76. The van der Waals surface area contributed by atoms with Crippen molar-refractivity contribution in [2.75, 3.05) is 9.80 Å². The van der Waals surface area contributed by atoms with Crippen LogP contribution in [0.1, 0.15) is 54.5 Å². The summed E-state index contributed by atoms with van der Waals surface area (Å²) < 4.78 is 6.24. The predicted octanol–water partition coefficient (Wildman–Crippen LogP) is 12.9. The molecule has 0 aromatic heterocycles. The van der Waals surface area contributed by atoms with Crippen molar-refractivity contribution in [1.29, 1.82) is 0 Å². The molecule has 0 spiro atoms. The van der Waals surface area contributed by atoms with Crippen molar-refractivity contribution in [2.45, 2.75) is 38.5 Å². The SMILES string of the molecule is CC1(C)c2cc(/C=C/C3=CC=C(N4c5ccccc5Oc5ccccc54)CC3)ccc2-c2ccc(N3c4ccccc4Cc4ccccc43)cc21. The Morgan fingerprint density at radius 1 is 0.549 bits per heavy atom. The largest absolute Gasteiger partial charge is 0.453 e. The zero-order valence-electron chi connectivity index (χ0n) is 28.9. The van der Waals surface area contributed by atoms with Crippen LogP contribution in [0.25, 0.3) is 17.2 Å². The highest BCUT2D eigenvalue weighted by Crippen LogP contribution is 2.53.